The number of hydrogen-bond donors (Lipinski definition) is 4. The van der Waals surface area contributed by atoms with E-state index in [-0.39, 0.29) is 37.3 Å². The highest BCUT2D eigenvalue weighted by Crippen LogP contribution is 2.60. The maximum absolute atomic E-state index is 14.3. The molecule has 2 aromatic heterocycles. The van der Waals surface area contributed by atoms with Crippen molar-refractivity contribution in [2.45, 2.75) is 57.5 Å². The number of aromatic nitrogens is 2. The zero-order valence-electron chi connectivity index (χ0n) is 33.4. The van der Waals surface area contributed by atoms with Crippen LogP contribution in [0, 0.1) is 5.92 Å². The Balaban J connectivity index is 1.17. The van der Waals surface area contributed by atoms with Gasteiger partial charge in [-0.2, -0.15) is 0 Å². The first kappa shape index (κ1) is 39.6. The van der Waals surface area contributed by atoms with E-state index in [1.165, 1.54) is 6.92 Å². The number of ether oxygens (including phenoxy) is 3. The molecule has 310 valence electrons. The summed E-state index contributed by atoms with van der Waals surface area (Å²) in [4.78, 5) is 49.2. The Kier molecular flexibility index (Phi) is 10.4. The average Bonchev–Trinajstić information content (AvgIpc) is 4.03. The zero-order chi connectivity index (χ0) is 42.4. The summed E-state index contributed by atoms with van der Waals surface area (Å²) in [6.07, 6.45) is 7.24. The standard InChI is InChI=1S/C46H41BrN6O8/c1-24(2)37-43-52-39(42-49-22-36(59-42)30-21-48-20-29(58-26(4)54)13-8-10-25(30)3)40(61-43)46-31-14-9-15-33(47)38(31)53-44(46)60-35-17-16-28(18-32(35)46)19-34(41(55)51-37)50-45(56)57-23-27-11-6-5-7-12-27/h5-18,21-22,24,34,37,44,48,53H,3,19-20,23H2,1-2,4H3,(H,50,56)(H,51,55)/b10-8-,29-13+,30-21+/t34-,37-,44?,46-/m0/s1. The quantitative estimate of drug-likeness (QED) is 0.117. The van der Waals surface area contributed by atoms with Crippen LogP contribution in [0.25, 0.3) is 17.2 Å². The molecule has 4 atom stereocenters. The number of anilines is 1. The molecule has 3 aromatic carbocycles. The second-order valence-electron chi connectivity index (χ2n) is 15.4. The maximum atomic E-state index is 14.3. The Hall–Kier alpha value is -6.87. The molecule has 2 amide bonds. The van der Waals surface area contributed by atoms with E-state index in [0.717, 1.165) is 32.4 Å². The highest BCUT2D eigenvalue weighted by atomic mass is 79.9. The molecule has 9 rings (SSSR count). The van der Waals surface area contributed by atoms with Crippen LogP contribution >= 0.6 is 15.9 Å². The first-order chi connectivity index (χ1) is 29.5. The number of hydrogen-bond acceptors (Lipinski definition) is 12. The number of carbonyl (C=O) groups excluding carboxylic acids is 3. The smallest absolute Gasteiger partial charge is 0.408 e. The van der Waals surface area contributed by atoms with Crippen molar-refractivity contribution in [2.24, 2.45) is 5.92 Å². The number of fused-ring (bicyclic) bond motifs is 4. The molecule has 6 heterocycles. The minimum Gasteiger partial charge on any atom is -0.469 e. The van der Waals surface area contributed by atoms with Crippen molar-refractivity contribution >= 4 is 45.2 Å². The first-order valence-corrected chi connectivity index (χ1v) is 20.6. The number of amides is 2. The lowest BCUT2D eigenvalue weighted by Gasteiger charge is -2.28. The van der Waals surface area contributed by atoms with Crippen LogP contribution in [0.4, 0.5) is 10.5 Å². The van der Waals surface area contributed by atoms with Crippen LogP contribution < -0.4 is 26.0 Å². The number of para-hydroxylation sites is 1. The molecular formula is C46H41BrN6O8. The van der Waals surface area contributed by atoms with Crippen LogP contribution in [0.5, 0.6) is 5.75 Å². The number of benzene rings is 3. The molecule has 0 fully saturated rings. The van der Waals surface area contributed by atoms with Crippen molar-refractivity contribution in [1.82, 2.24) is 25.9 Å². The summed E-state index contributed by atoms with van der Waals surface area (Å²) in [5, 5.41) is 12.7. The van der Waals surface area contributed by atoms with E-state index >= 15 is 0 Å². The van der Waals surface area contributed by atoms with Gasteiger partial charge in [0, 0.05) is 40.7 Å². The maximum Gasteiger partial charge on any atom is 0.408 e. The van der Waals surface area contributed by atoms with E-state index in [9.17, 15) is 14.4 Å². The number of rotatable bonds is 7. The molecule has 4 bridgehead atoms. The van der Waals surface area contributed by atoms with Gasteiger partial charge in [-0.05, 0) is 56.8 Å². The van der Waals surface area contributed by atoms with Crippen LogP contribution in [-0.4, -0.2) is 46.8 Å². The summed E-state index contributed by atoms with van der Waals surface area (Å²) >= 11 is 3.75. The molecule has 4 aliphatic heterocycles. The minimum atomic E-state index is -1.13. The number of oxazole rings is 2. The van der Waals surface area contributed by atoms with Crippen molar-refractivity contribution in [2.75, 3.05) is 11.9 Å². The number of nitrogens with zero attached hydrogens (tertiary/aromatic N) is 2. The predicted octanol–water partition coefficient (Wildman–Crippen LogP) is 7.74. The third kappa shape index (κ3) is 7.28. The number of nitrogens with one attached hydrogen (secondary N) is 4. The highest BCUT2D eigenvalue weighted by Gasteiger charge is 2.61. The van der Waals surface area contributed by atoms with E-state index in [4.69, 9.17) is 33.0 Å². The zero-order valence-corrected chi connectivity index (χ0v) is 35.0. The Bertz CT molecular complexity index is 2680. The van der Waals surface area contributed by atoms with Crippen LogP contribution in [0.15, 0.2) is 129 Å². The van der Waals surface area contributed by atoms with E-state index in [1.807, 2.05) is 80.6 Å². The summed E-state index contributed by atoms with van der Waals surface area (Å²) in [6, 6.07) is 19.2. The molecule has 4 aliphatic rings. The second-order valence-corrected chi connectivity index (χ2v) is 16.3. The normalized spacial score (nSPS) is 23.5. The molecule has 14 nitrogen and oxygen atoms in total. The van der Waals surface area contributed by atoms with E-state index in [1.54, 1.807) is 30.6 Å². The third-order valence-electron chi connectivity index (χ3n) is 11.0. The monoisotopic (exact) mass is 884 g/mol. The van der Waals surface area contributed by atoms with Gasteiger partial charge in [-0.1, -0.05) is 87.2 Å². The van der Waals surface area contributed by atoms with E-state index < -0.39 is 41.7 Å². The molecule has 0 radical (unpaired) electrons. The number of alkyl carbamates (subject to hydrolysis) is 1. The Morgan fingerprint density at radius 1 is 1.07 bits per heavy atom. The largest absolute Gasteiger partial charge is 0.469 e. The fraction of sp³-hybridized carbons (Fsp3) is 0.239. The van der Waals surface area contributed by atoms with Gasteiger partial charge in [0.2, 0.25) is 17.7 Å². The molecule has 15 heteroatoms. The van der Waals surface area contributed by atoms with Gasteiger partial charge >= 0.3 is 12.1 Å². The van der Waals surface area contributed by atoms with Gasteiger partial charge in [-0.3, -0.25) is 9.59 Å². The Morgan fingerprint density at radius 3 is 2.70 bits per heavy atom. The second kappa shape index (κ2) is 16.0. The lowest BCUT2D eigenvalue weighted by molar-refractivity contribution is -0.137. The van der Waals surface area contributed by atoms with E-state index in [2.05, 4.69) is 43.8 Å². The average molecular weight is 886 g/mol. The summed E-state index contributed by atoms with van der Waals surface area (Å²) in [5.41, 5.74) is 4.38. The van der Waals surface area contributed by atoms with Gasteiger partial charge in [0.25, 0.3) is 0 Å². The van der Waals surface area contributed by atoms with Crippen LogP contribution in [0.3, 0.4) is 0 Å². The molecule has 0 aliphatic carbocycles. The number of carbonyl (C=O) groups is 3. The van der Waals surface area contributed by atoms with Gasteiger partial charge < -0.3 is 44.3 Å². The SMILES string of the molecule is C=C1/C=C\C=C(\OC(C)=O)CN/C=C\1c1cnc(-c2nc3oc2[C@]24c5cc(ccc5OC2Nc2c(Br)cccc24)C[C@H](NC(=O)OCc2ccccc2)C(=O)N[C@H]3C(C)C)o1. The molecule has 4 N–H and O–H groups in total. The predicted molar refractivity (Wildman–Crippen MR) is 228 cm³/mol. The van der Waals surface area contributed by atoms with Crippen molar-refractivity contribution in [3.05, 3.63) is 159 Å². The fourth-order valence-electron chi connectivity index (χ4n) is 8.15. The van der Waals surface area contributed by atoms with Crippen molar-refractivity contribution in [1.29, 1.82) is 0 Å². The molecule has 1 spiro atoms. The highest BCUT2D eigenvalue weighted by molar-refractivity contribution is 9.10. The van der Waals surface area contributed by atoms with Crippen LogP contribution in [0.1, 0.15) is 66.5 Å². The number of allylic oxidation sites excluding steroid dienone is 5. The van der Waals surface area contributed by atoms with Gasteiger partial charge in [-0.25, -0.2) is 14.8 Å². The topological polar surface area (TPSA) is 179 Å². The summed E-state index contributed by atoms with van der Waals surface area (Å²) in [7, 11) is 0. The molecule has 1 unspecified atom stereocenters. The Morgan fingerprint density at radius 2 is 1.90 bits per heavy atom. The van der Waals surface area contributed by atoms with Gasteiger partial charge in [0.05, 0.1) is 18.4 Å². The molecule has 61 heavy (non-hydrogen) atoms. The number of esters is 1. The minimum absolute atomic E-state index is 0.0366. The van der Waals surface area contributed by atoms with Crippen molar-refractivity contribution < 1.29 is 37.4 Å². The molecule has 0 saturated heterocycles. The summed E-state index contributed by atoms with van der Waals surface area (Å²) in [6.45, 7) is 9.75. The van der Waals surface area contributed by atoms with Crippen molar-refractivity contribution in [3.63, 3.8) is 0 Å². The number of halogens is 1. The lowest BCUT2D eigenvalue weighted by Crippen LogP contribution is -2.49. The van der Waals surface area contributed by atoms with Crippen LogP contribution in [-0.2, 0) is 37.5 Å². The van der Waals surface area contributed by atoms with Gasteiger partial charge in [-0.15, -0.1) is 0 Å². The fourth-order valence-corrected chi connectivity index (χ4v) is 8.63. The third-order valence-corrected chi connectivity index (χ3v) is 11.7. The summed E-state index contributed by atoms with van der Waals surface area (Å²) in [5.74, 6) is 1.08. The van der Waals surface area contributed by atoms with Gasteiger partial charge in [0.1, 0.15) is 35.6 Å². The Labute approximate surface area is 359 Å². The summed E-state index contributed by atoms with van der Waals surface area (Å²) < 4.78 is 32.0. The van der Waals surface area contributed by atoms with Crippen LogP contribution in [0.2, 0.25) is 0 Å². The van der Waals surface area contributed by atoms with Gasteiger partial charge in [0.15, 0.2) is 23.4 Å². The molecular weight excluding hydrogens is 844 g/mol. The van der Waals surface area contributed by atoms with Crippen molar-refractivity contribution in [3.8, 4) is 17.3 Å². The van der Waals surface area contributed by atoms with E-state index in [0.29, 0.717) is 39.9 Å². The molecule has 0 saturated carbocycles. The molecule has 5 aromatic rings. The first-order valence-electron chi connectivity index (χ1n) is 19.8. The lowest BCUT2D eigenvalue weighted by atomic mass is 9.72.